The SMILES string of the molecule is CC(=O)c1ccccc1OCC(O)CN(Cc1ccco1)Cc1ccc(C)o1. The normalized spacial score (nSPS) is 12.3. The van der Waals surface area contributed by atoms with Gasteiger partial charge >= 0.3 is 0 Å². The fourth-order valence-electron chi connectivity index (χ4n) is 3.02. The molecule has 1 aromatic carbocycles. The van der Waals surface area contributed by atoms with Crippen LogP contribution in [0.4, 0.5) is 0 Å². The van der Waals surface area contributed by atoms with Gasteiger partial charge in [0.15, 0.2) is 5.78 Å². The van der Waals surface area contributed by atoms with Crippen molar-refractivity contribution in [2.24, 2.45) is 0 Å². The molecule has 28 heavy (non-hydrogen) atoms. The lowest BCUT2D eigenvalue weighted by molar-refractivity contribution is 0.0574. The Morgan fingerprint density at radius 2 is 1.89 bits per heavy atom. The molecule has 0 saturated heterocycles. The van der Waals surface area contributed by atoms with Crippen molar-refractivity contribution in [1.29, 1.82) is 0 Å². The molecule has 3 rings (SSSR count). The Kier molecular flexibility index (Phi) is 6.68. The Morgan fingerprint density at radius 1 is 1.11 bits per heavy atom. The molecule has 6 heteroatoms. The molecule has 3 aromatic rings. The molecule has 0 saturated carbocycles. The lowest BCUT2D eigenvalue weighted by Gasteiger charge is -2.23. The third kappa shape index (κ3) is 5.58. The van der Waals surface area contributed by atoms with E-state index in [2.05, 4.69) is 0 Å². The molecule has 1 atom stereocenters. The summed E-state index contributed by atoms with van der Waals surface area (Å²) < 4.78 is 16.8. The molecule has 0 bridgehead atoms. The van der Waals surface area contributed by atoms with Crippen molar-refractivity contribution >= 4 is 5.78 Å². The maximum absolute atomic E-state index is 11.7. The molecule has 2 heterocycles. The highest BCUT2D eigenvalue weighted by Gasteiger charge is 2.17. The van der Waals surface area contributed by atoms with Crippen molar-refractivity contribution < 1.29 is 23.5 Å². The molecule has 0 aliphatic heterocycles. The number of aliphatic hydroxyl groups is 1. The van der Waals surface area contributed by atoms with Gasteiger partial charge in [-0.25, -0.2) is 0 Å². The molecular formula is C22H25NO5. The number of hydrogen-bond acceptors (Lipinski definition) is 6. The van der Waals surface area contributed by atoms with Gasteiger partial charge in [0.1, 0.15) is 35.7 Å². The zero-order valence-electron chi connectivity index (χ0n) is 16.1. The zero-order chi connectivity index (χ0) is 19.9. The van der Waals surface area contributed by atoms with Gasteiger partial charge in [-0.05, 0) is 50.2 Å². The molecule has 1 unspecified atom stereocenters. The highest BCUT2D eigenvalue weighted by molar-refractivity contribution is 5.96. The first kappa shape index (κ1) is 19.9. The van der Waals surface area contributed by atoms with Crippen LogP contribution in [0.1, 0.15) is 34.6 Å². The van der Waals surface area contributed by atoms with Gasteiger partial charge < -0.3 is 18.7 Å². The first-order valence-electron chi connectivity index (χ1n) is 9.22. The highest BCUT2D eigenvalue weighted by atomic mass is 16.5. The van der Waals surface area contributed by atoms with Crippen LogP contribution in [-0.4, -0.2) is 35.0 Å². The van der Waals surface area contributed by atoms with Crippen LogP contribution in [0.15, 0.2) is 63.6 Å². The van der Waals surface area contributed by atoms with E-state index in [1.807, 2.05) is 36.1 Å². The number of Topliss-reactive ketones (excluding diaryl/α,β-unsaturated/α-hetero) is 1. The molecule has 148 valence electrons. The zero-order valence-corrected chi connectivity index (χ0v) is 16.1. The Hall–Kier alpha value is -2.83. The number of rotatable bonds is 10. The number of ether oxygens (including phenoxy) is 1. The van der Waals surface area contributed by atoms with Crippen LogP contribution in [-0.2, 0) is 13.1 Å². The third-order valence-corrected chi connectivity index (χ3v) is 4.30. The van der Waals surface area contributed by atoms with E-state index in [0.29, 0.717) is 30.9 Å². The lowest BCUT2D eigenvalue weighted by atomic mass is 10.1. The number of benzene rings is 1. The fraction of sp³-hybridized carbons (Fsp3) is 0.318. The number of carbonyl (C=O) groups is 1. The molecule has 0 amide bonds. The monoisotopic (exact) mass is 383 g/mol. The van der Waals surface area contributed by atoms with Crippen LogP contribution < -0.4 is 4.74 Å². The van der Waals surface area contributed by atoms with Gasteiger partial charge in [0.05, 0.1) is 24.9 Å². The molecule has 0 fully saturated rings. The predicted molar refractivity (Wildman–Crippen MR) is 104 cm³/mol. The van der Waals surface area contributed by atoms with E-state index in [1.165, 1.54) is 6.92 Å². The molecule has 0 radical (unpaired) electrons. The fourth-order valence-corrected chi connectivity index (χ4v) is 3.02. The quantitative estimate of drug-likeness (QED) is 0.536. The molecule has 0 aliphatic carbocycles. The summed E-state index contributed by atoms with van der Waals surface area (Å²) >= 11 is 0. The van der Waals surface area contributed by atoms with Gasteiger partial charge in [0.2, 0.25) is 0 Å². The van der Waals surface area contributed by atoms with E-state index in [4.69, 9.17) is 13.6 Å². The van der Waals surface area contributed by atoms with Crippen LogP contribution >= 0.6 is 0 Å². The van der Waals surface area contributed by atoms with E-state index >= 15 is 0 Å². The molecule has 6 nitrogen and oxygen atoms in total. The van der Waals surface area contributed by atoms with Crippen molar-refractivity contribution in [3.05, 3.63) is 77.6 Å². The largest absolute Gasteiger partial charge is 0.490 e. The maximum atomic E-state index is 11.7. The first-order valence-corrected chi connectivity index (χ1v) is 9.22. The Morgan fingerprint density at radius 3 is 2.57 bits per heavy atom. The number of para-hydroxylation sites is 1. The average Bonchev–Trinajstić information content (AvgIpc) is 3.32. The smallest absolute Gasteiger partial charge is 0.163 e. The number of aliphatic hydroxyl groups excluding tert-OH is 1. The van der Waals surface area contributed by atoms with Crippen LogP contribution in [0.5, 0.6) is 5.75 Å². The van der Waals surface area contributed by atoms with Gasteiger partial charge in [0.25, 0.3) is 0 Å². The number of hydrogen-bond donors (Lipinski definition) is 1. The summed E-state index contributed by atoms with van der Waals surface area (Å²) in [7, 11) is 0. The Bertz CT molecular complexity index is 884. The van der Waals surface area contributed by atoms with Gasteiger partial charge in [-0.3, -0.25) is 9.69 Å². The topological polar surface area (TPSA) is 76.1 Å². The summed E-state index contributed by atoms with van der Waals surface area (Å²) in [6.07, 6.45) is 0.883. The van der Waals surface area contributed by atoms with E-state index < -0.39 is 6.10 Å². The summed E-state index contributed by atoms with van der Waals surface area (Å²) in [6.45, 7) is 4.91. The van der Waals surface area contributed by atoms with Gasteiger partial charge in [0, 0.05) is 6.54 Å². The van der Waals surface area contributed by atoms with Gasteiger partial charge in [-0.1, -0.05) is 12.1 Å². The summed E-state index contributed by atoms with van der Waals surface area (Å²) in [4.78, 5) is 13.7. The Balaban J connectivity index is 1.62. The number of nitrogens with zero attached hydrogens (tertiary/aromatic N) is 1. The first-order chi connectivity index (χ1) is 13.5. The van der Waals surface area contributed by atoms with Crippen molar-refractivity contribution in [2.45, 2.75) is 33.0 Å². The molecular weight excluding hydrogens is 358 g/mol. The number of ketones is 1. The second-order valence-electron chi connectivity index (χ2n) is 6.78. The van der Waals surface area contributed by atoms with Gasteiger partial charge in [-0.15, -0.1) is 0 Å². The van der Waals surface area contributed by atoms with E-state index in [-0.39, 0.29) is 12.4 Å². The Labute approximate surface area is 164 Å². The minimum Gasteiger partial charge on any atom is -0.490 e. The second-order valence-corrected chi connectivity index (χ2v) is 6.78. The summed E-state index contributed by atoms with van der Waals surface area (Å²) in [5.74, 6) is 2.88. The maximum Gasteiger partial charge on any atom is 0.163 e. The lowest BCUT2D eigenvalue weighted by Crippen LogP contribution is -2.35. The summed E-state index contributed by atoms with van der Waals surface area (Å²) in [5, 5.41) is 10.5. The van der Waals surface area contributed by atoms with E-state index in [9.17, 15) is 9.90 Å². The number of aryl methyl sites for hydroxylation is 1. The summed E-state index contributed by atoms with van der Waals surface area (Å²) in [6, 6.07) is 14.6. The van der Waals surface area contributed by atoms with Crippen LogP contribution in [0.3, 0.4) is 0 Å². The van der Waals surface area contributed by atoms with Crippen LogP contribution in [0, 0.1) is 6.92 Å². The van der Waals surface area contributed by atoms with E-state index in [0.717, 1.165) is 17.3 Å². The third-order valence-electron chi connectivity index (χ3n) is 4.30. The van der Waals surface area contributed by atoms with Gasteiger partial charge in [-0.2, -0.15) is 0 Å². The minimum atomic E-state index is -0.744. The second kappa shape index (κ2) is 9.39. The number of carbonyl (C=O) groups excluding carboxylic acids is 1. The van der Waals surface area contributed by atoms with E-state index in [1.54, 1.807) is 30.5 Å². The molecule has 2 aromatic heterocycles. The molecule has 1 N–H and O–H groups in total. The highest BCUT2D eigenvalue weighted by Crippen LogP contribution is 2.19. The van der Waals surface area contributed by atoms with Crippen molar-refractivity contribution in [3.8, 4) is 5.75 Å². The predicted octanol–water partition coefficient (Wildman–Crippen LogP) is 3.83. The molecule has 0 aliphatic rings. The average molecular weight is 383 g/mol. The summed E-state index contributed by atoms with van der Waals surface area (Å²) in [5.41, 5.74) is 0.508. The van der Waals surface area contributed by atoms with Crippen molar-refractivity contribution in [1.82, 2.24) is 4.90 Å². The standard InChI is InChI=1S/C22H25NO5/c1-16-9-10-20(28-16)14-23(13-19-6-5-11-26-19)12-18(25)15-27-22-8-4-3-7-21(22)17(2)24/h3-11,18,25H,12-15H2,1-2H3. The van der Waals surface area contributed by atoms with Crippen LogP contribution in [0.2, 0.25) is 0 Å². The van der Waals surface area contributed by atoms with Crippen molar-refractivity contribution in [3.63, 3.8) is 0 Å². The minimum absolute atomic E-state index is 0.0716. The molecule has 0 spiro atoms. The van der Waals surface area contributed by atoms with Crippen LogP contribution in [0.25, 0.3) is 0 Å². The van der Waals surface area contributed by atoms with Crippen molar-refractivity contribution in [2.75, 3.05) is 13.2 Å². The number of furan rings is 2.